The number of methoxy groups -OCH3 is 1. The van der Waals surface area contributed by atoms with Crippen molar-refractivity contribution in [1.82, 2.24) is 0 Å². The van der Waals surface area contributed by atoms with Crippen LogP contribution in [-0.4, -0.2) is 141 Å². The van der Waals surface area contributed by atoms with Crippen molar-refractivity contribution in [3.8, 4) is 23.0 Å². The summed E-state index contributed by atoms with van der Waals surface area (Å²) < 4.78 is 44.3. The summed E-state index contributed by atoms with van der Waals surface area (Å²) in [7, 11) is 1.34. The minimum atomic E-state index is -2.64. The molecule has 0 aliphatic carbocycles. The molecule has 2 aliphatic heterocycles. The number of aliphatic hydroxyl groups is 4. The lowest BCUT2D eigenvalue weighted by Crippen LogP contribution is -2.63. The standard InChI is InChI=1S/C42H44O19/c1-23(43)55-20-31-36(50)38(52)39(53)41(58-31)61-42(22-57-34(48)16-8-24-3-11-27(44)12-4-24)40(59-35(49)18-9-25-5-13-28(45)14-6-25)37(51)32(60-42)21-56-33(47)17-10-26-7-15-29(46)30(19-26)54-2/h3-19,31-32,36-41,44-46,50-53H,20-22H2,1-2H3. The van der Waals surface area contributed by atoms with Gasteiger partial charge in [0.2, 0.25) is 5.79 Å². The minimum absolute atomic E-state index is 0.0247. The summed E-state index contributed by atoms with van der Waals surface area (Å²) in [5.41, 5.74) is 1.37. The van der Waals surface area contributed by atoms with Gasteiger partial charge in [0.05, 0.1) is 7.11 Å². The fraction of sp³-hybridized carbons (Fsp3) is 0.333. The van der Waals surface area contributed by atoms with Gasteiger partial charge in [0.25, 0.3) is 0 Å². The third-order valence-corrected chi connectivity index (χ3v) is 9.18. The van der Waals surface area contributed by atoms with Crippen molar-refractivity contribution in [2.45, 2.75) is 61.7 Å². The number of carbonyl (C=O) groups excluding carboxylic acids is 4. The third kappa shape index (κ3) is 12.4. The second kappa shape index (κ2) is 20.8. The number of aromatic hydroxyl groups is 3. The Bertz CT molecular complexity index is 2080. The third-order valence-electron chi connectivity index (χ3n) is 9.18. The molecule has 0 bridgehead atoms. The first-order valence-electron chi connectivity index (χ1n) is 18.5. The van der Waals surface area contributed by atoms with Crippen molar-refractivity contribution in [3.63, 3.8) is 0 Å². The number of phenols is 3. The Morgan fingerprint density at radius 2 is 1.20 bits per heavy atom. The smallest absolute Gasteiger partial charge is 0.331 e. The highest BCUT2D eigenvalue weighted by Crippen LogP contribution is 2.39. The number of carbonyl (C=O) groups is 4. The van der Waals surface area contributed by atoms with Gasteiger partial charge in [0.15, 0.2) is 23.9 Å². The first-order chi connectivity index (χ1) is 29.1. The summed E-state index contributed by atoms with van der Waals surface area (Å²) in [4.78, 5) is 50.9. The molecule has 19 heteroatoms. The molecule has 0 radical (unpaired) electrons. The van der Waals surface area contributed by atoms with Gasteiger partial charge in [-0.15, -0.1) is 0 Å². The van der Waals surface area contributed by atoms with Crippen molar-refractivity contribution < 1.29 is 92.8 Å². The van der Waals surface area contributed by atoms with Crippen LogP contribution in [-0.2, 0) is 52.3 Å². The highest BCUT2D eigenvalue weighted by Gasteiger charge is 2.62. The lowest BCUT2D eigenvalue weighted by atomic mass is 9.98. The Balaban J connectivity index is 1.46. The molecule has 0 aromatic heterocycles. The quantitative estimate of drug-likeness (QED) is 0.0603. The predicted molar refractivity (Wildman–Crippen MR) is 208 cm³/mol. The van der Waals surface area contributed by atoms with Crippen molar-refractivity contribution in [2.24, 2.45) is 0 Å². The number of rotatable bonds is 16. The molecule has 3 aromatic carbocycles. The van der Waals surface area contributed by atoms with Crippen LogP contribution in [0.15, 0.2) is 85.0 Å². The summed E-state index contributed by atoms with van der Waals surface area (Å²) in [6, 6.07) is 15.7. The maximum absolute atomic E-state index is 13.4. The summed E-state index contributed by atoms with van der Waals surface area (Å²) in [5.74, 6) is -6.59. The molecule has 2 aliphatic rings. The number of ether oxygens (including phenoxy) is 8. The van der Waals surface area contributed by atoms with Gasteiger partial charge < -0.3 is 73.6 Å². The number of phenolic OH excluding ortho intramolecular Hbond substituents is 3. The van der Waals surface area contributed by atoms with Gasteiger partial charge in [-0.05, 0) is 71.3 Å². The lowest BCUT2D eigenvalue weighted by molar-refractivity contribution is -0.383. The van der Waals surface area contributed by atoms with E-state index in [0.717, 1.165) is 25.2 Å². The van der Waals surface area contributed by atoms with Crippen LogP contribution in [0.4, 0.5) is 0 Å². The first kappa shape index (κ1) is 45.8. The van der Waals surface area contributed by atoms with Crippen LogP contribution in [0.2, 0.25) is 0 Å². The second-order valence-electron chi connectivity index (χ2n) is 13.6. The van der Waals surface area contributed by atoms with E-state index in [4.69, 9.17) is 37.9 Å². The second-order valence-corrected chi connectivity index (χ2v) is 13.6. The zero-order chi connectivity index (χ0) is 44.3. The molecule has 2 fully saturated rings. The Kier molecular flexibility index (Phi) is 15.6. The minimum Gasteiger partial charge on any atom is -0.508 e. The number of aliphatic hydroxyl groups excluding tert-OH is 4. The van der Waals surface area contributed by atoms with E-state index in [-0.39, 0.29) is 23.0 Å². The van der Waals surface area contributed by atoms with Crippen LogP contribution in [0.25, 0.3) is 18.2 Å². The van der Waals surface area contributed by atoms with Crippen molar-refractivity contribution in [2.75, 3.05) is 26.9 Å². The number of benzene rings is 3. The normalized spacial score (nSPS) is 26.3. The molecule has 7 N–H and O–H groups in total. The molecular formula is C42H44O19. The molecule has 2 saturated heterocycles. The van der Waals surface area contributed by atoms with E-state index in [0.29, 0.717) is 16.7 Å². The van der Waals surface area contributed by atoms with E-state index in [9.17, 15) is 54.9 Å². The molecule has 3 aromatic rings. The number of hydrogen-bond donors (Lipinski definition) is 7. The average molecular weight is 853 g/mol. The topological polar surface area (TPSA) is 284 Å². The van der Waals surface area contributed by atoms with Crippen molar-refractivity contribution in [3.05, 3.63) is 102 Å². The maximum atomic E-state index is 13.4. The summed E-state index contributed by atoms with van der Waals surface area (Å²) in [6.07, 6.45) is -8.05. The van der Waals surface area contributed by atoms with Crippen LogP contribution < -0.4 is 4.74 Å². The maximum Gasteiger partial charge on any atom is 0.331 e. The molecule has 19 nitrogen and oxygen atoms in total. The first-order valence-corrected chi connectivity index (χ1v) is 18.5. The van der Waals surface area contributed by atoms with Gasteiger partial charge in [0.1, 0.15) is 67.9 Å². The molecule has 0 amide bonds. The van der Waals surface area contributed by atoms with E-state index in [1.54, 1.807) is 0 Å². The lowest BCUT2D eigenvalue weighted by Gasteiger charge is -2.43. The largest absolute Gasteiger partial charge is 0.508 e. The fourth-order valence-corrected chi connectivity index (χ4v) is 5.99. The zero-order valence-electron chi connectivity index (χ0n) is 32.6. The molecule has 0 spiro atoms. The number of esters is 4. The molecule has 2 heterocycles. The van der Waals surface area contributed by atoms with Crippen molar-refractivity contribution in [1.29, 1.82) is 0 Å². The van der Waals surface area contributed by atoms with Crippen LogP contribution in [0.1, 0.15) is 23.6 Å². The Hall–Kier alpha value is -6.32. The van der Waals surface area contributed by atoms with Gasteiger partial charge in [0, 0.05) is 25.2 Å². The summed E-state index contributed by atoms with van der Waals surface area (Å²) >= 11 is 0. The van der Waals surface area contributed by atoms with Crippen LogP contribution in [0.5, 0.6) is 23.0 Å². The molecule has 326 valence electrons. The highest BCUT2D eigenvalue weighted by atomic mass is 16.8. The Labute approximate surface area is 347 Å². The van der Waals surface area contributed by atoms with E-state index in [1.807, 2.05) is 0 Å². The molecule has 9 atom stereocenters. The van der Waals surface area contributed by atoms with Gasteiger partial charge >= 0.3 is 23.9 Å². The zero-order valence-corrected chi connectivity index (χ0v) is 32.6. The van der Waals surface area contributed by atoms with Gasteiger partial charge in [-0.3, -0.25) is 4.79 Å². The molecule has 0 saturated carbocycles. The fourth-order valence-electron chi connectivity index (χ4n) is 5.99. The number of hydrogen-bond acceptors (Lipinski definition) is 19. The van der Waals surface area contributed by atoms with Crippen LogP contribution in [0, 0.1) is 0 Å². The van der Waals surface area contributed by atoms with Crippen molar-refractivity contribution >= 4 is 42.1 Å². The van der Waals surface area contributed by atoms with Crippen LogP contribution >= 0.6 is 0 Å². The monoisotopic (exact) mass is 852 g/mol. The Morgan fingerprint density at radius 3 is 1.79 bits per heavy atom. The van der Waals surface area contributed by atoms with E-state index < -0.39 is 98.5 Å². The SMILES string of the molecule is COc1cc(C=CC(=O)OCC2OC(COC(=O)C=Cc3ccc(O)cc3)(OC3OC(COC(C)=O)C(O)C(O)C3O)C(OC(=O)C=Cc3ccc(O)cc3)C2O)ccc1O. The van der Waals surface area contributed by atoms with E-state index >= 15 is 0 Å². The summed E-state index contributed by atoms with van der Waals surface area (Å²) in [5, 5.41) is 73.1. The van der Waals surface area contributed by atoms with Crippen LogP contribution in [0.3, 0.4) is 0 Å². The van der Waals surface area contributed by atoms with Gasteiger partial charge in [-0.1, -0.05) is 30.3 Å². The highest BCUT2D eigenvalue weighted by molar-refractivity contribution is 5.88. The summed E-state index contributed by atoms with van der Waals surface area (Å²) in [6.45, 7) is -1.33. The van der Waals surface area contributed by atoms with Gasteiger partial charge in [-0.25, -0.2) is 14.4 Å². The molecule has 5 rings (SSSR count). The molecule has 61 heavy (non-hydrogen) atoms. The predicted octanol–water partition coefficient (Wildman–Crippen LogP) is 1.09. The van der Waals surface area contributed by atoms with Gasteiger partial charge in [-0.2, -0.15) is 0 Å². The van der Waals surface area contributed by atoms with E-state index in [2.05, 4.69) is 0 Å². The molecule has 9 unspecified atom stereocenters. The van der Waals surface area contributed by atoms with E-state index in [1.165, 1.54) is 92.1 Å². The molecular weight excluding hydrogens is 808 g/mol. The average Bonchev–Trinajstić information content (AvgIpc) is 3.49. The Morgan fingerprint density at radius 1 is 0.656 bits per heavy atom.